The van der Waals surface area contributed by atoms with Crippen molar-refractivity contribution in [3.8, 4) is 5.75 Å². The molecule has 0 aliphatic heterocycles. The third-order valence-corrected chi connectivity index (χ3v) is 4.08. The molecular weight excluding hydrogens is 328 g/mol. The summed E-state index contributed by atoms with van der Waals surface area (Å²) in [5, 5.41) is 4.94. The Labute approximate surface area is 151 Å². The number of ether oxygens (including phenoxy) is 1. The molecule has 2 amide bonds. The van der Waals surface area contributed by atoms with Crippen LogP contribution in [-0.2, 0) is 4.79 Å². The highest BCUT2D eigenvalue weighted by Crippen LogP contribution is 2.22. The number of benzene rings is 3. The van der Waals surface area contributed by atoms with E-state index in [1.807, 2.05) is 49.4 Å². The number of hydrogen-bond acceptors (Lipinski definition) is 3. The van der Waals surface area contributed by atoms with Crippen LogP contribution in [0.15, 0.2) is 66.7 Å². The summed E-state index contributed by atoms with van der Waals surface area (Å²) in [5.74, 6) is -0.181. The first-order valence-electron chi connectivity index (χ1n) is 8.43. The Morgan fingerprint density at radius 1 is 1.00 bits per heavy atom. The highest BCUT2D eigenvalue weighted by atomic mass is 16.5. The summed E-state index contributed by atoms with van der Waals surface area (Å²) in [4.78, 5) is 23.8. The van der Waals surface area contributed by atoms with Gasteiger partial charge >= 0.3 is 0 Å². The first kappa shape index (κ1) is 17.5. The van der Waals surface area contributed by atoms with Crippen LogP contribution < -0.4 is 15.8 Å². The third kappa shape index (κ3) is 4.00. The van der Waals surface area contributed by atoms with Crippen LogP contribution >= 0.6 is 0 Å². The van der Waals surface area contributed by atoms with Gasteiger partial charge in [-0.1, -0.05) is 43.3 Å². The number of hydrogen-bond donors (Lipinski definition) is 2. The van der Waals surface area contributed by atoms with E-state index in [4.69, 9.17) is 10.5 Å². The van der Waals surface area contributed by atoms with Crippen molar-refractivity contribution in [2.45, 2.75) is 19.4 Å². The molecule has 0 heterocycles. The number of fused-ring (bicyclic) bond motifs is 1. The van der Waals surface area contributed by atoms with Crippen molar-refractivity contribution in [1.29, 1.82) is 0 Å². The summed E-state index contributed by atoms with van der Waals surface area (Å²) in [7, 11) is 0. The lowest BCUT2D eigenvalue weighted by Gasteiger charge is -2.18. The molecule has 3 N–H and O–H groups in total. The minimum Gasteiger partial charge on any atom is -0.481 e. The molecule has 3 rings (SSSR count). The number of carbonyl (C=O) groups excluding carboxylic acids is 2. The molecule has 1 unspecified atom stereocenters. The van der Waals surface area contributed by atoms with E-state index in [-0.39, 0.29) is 5.91 Å². The largest absolute Gasteiger partial charge is 0.481 e. The van der Waals surface area contributed by atoms with Gasteiger partial charge in [0.2, 0.25) is 5.91 Å². The van der Waals surface area contributed by atoms with Crippen LogP contribution in [0.3, 0.4) is 0 Å². The lowest BCUT2D eigenvalue weighted by atomic mass is 10.1. The fourth-order valence-electron chi connectivity index (χ4n) is 2.70. The Hall–Kier alpha value is -3.34. The Balaban J connectivity index is 1.74. The van der Waals surface area contributed by atoms with E-state index in [0.29, 0.717) is 23.4 Å². The van der Waals surface area contributed by atoms with Gasteiger partial charge < -0.3 is 15.8 Å². The van der Waals surface area contributed by atoms with E-state index in [1.165, 1.54) is 0 Å². The Morgan fingerprint density at radius 3 is 2.50 bits per heavy atom. The van der Waals surface area contributed by atoms with E-state index in [1.54, 1.807) is 24.3 Å². The van der Waals surface area contributed by atoms with E-state index in [2.05, 4.69) is 5.32 Å². The smallest absolute Gasteiger partial charge is 0.265 e. The average Bonchev–Trinajstić information content (AvgIpc) is 2.66. The van der Waals surface area contributed by atoms with E-state index in [9.17, 15) is 9.59 Å². The molecule has 3 aromatic carbocycles. The van der Waals surface area contributed by atoms with E-state index in [0.717, 1.165) is 10.8 Å². The van der Waals surface area contributed by atoms with Gasteiger partial charge in [-0.2, -0.15) is 0 Å². The van der Waals surface area contributed by atoms with Crippen LogP contribution in [0.4, 0.5) is 5.69 Å². The molecule has 3 aromatic rings. The number of amides is 2. The minimum absolute atomic E-state index is 0.276. The number of carbonyl (C=O) groups is 2. The summed E-state index contributed by atoms with van der Waals surface area (Å²) >= 11 is 0. The summed E-state index contributed by atoms with van der Waals surface area (Å²) in [6.45, 7) is 1.88. The summed E-state index contributed by atoms with van der Waals surface area (Å²) in [6.07, 6.45) is -0.137. The molecule has 26 heavy (non-hydrogen) atoms. The molecule has 0 aliphatic carbocycles. The van der Waals surface area contributed by atoms with Crippen LogP contribution in [0.5, 0.6) is 5.75 Å². The monoisotopic (exact) mass is 348 g/mol. The van der Waals surface area contributed by atoms with Crippen molar-refractivity contribution in [2.24, 2.45) is 5.73 Å². The quantitative estimate of drug-likeness (QED) is 0.712. The van der Waals surface area contributed by atoms with Crippen LogP contribution in [-0.4, -0.2) is 17.9 Å². The standard InChI is InChI=1S/C21H20N2O3/c1-2-19(21(25)23-17-9-5-8-16(12-17)20(22)24)26-18-11-10-14-6-3-4-7-15(14)13-18/h3-13,19H,2H2,1H3,(H2,22,24)(H,23,25). The maximum atomic E-state index is 12.5. The fourth-order valence-corrected chi connectivity index (χ4v) is 2.70. The number of nitrogens with two attached hydrogens (primary N) is 1. The van der Waals surface area contributed by atoms with Gasteiger partial charge in [0.15, 0.2) is 6.10 Å². The summed E-state index contributed by atoms with van der Waals surface area (Å²) in [5.41, 5.74) is 6.12. The molecule has 0 bridgehead atoms. The Morgan fingerprint density at radius 2 is 1.77 bits per heavy atom. The molecule has 0 spiro atoms. The molecule has 0 aromatic heterocycles. The van der Waals surface area contributed by atoms with E-state index >= 15 is 0 Å². The fraction of sp³-hybridized carbons (Fsp3) is 0.143. The number of primary amides is 1. The van der Waals surface area contributed by atoms with Crippen LogP contribution in [0.25, 0.3) is 10.8 Å². The maximum Gasteiger partial charge on any atom is 0.265 e. The summed E-state index contributed by atoms with van der Waals surface area (Å²) in [6, 6.07) is 20.2. The van der Waals surface area contributed by atoms with Crippen LogP contribution in [0.1, 0.15) is 23.7 Å². The second-order valence-corrected chi connectivity index (χ2v) is 5.96. The SMILES string of the molecule is CCC(Oc1ccc2ccccc2c1)C(=O)Nc1cccc(C(N)=O)c1. The van der Waals surface area contributed by atoms with Crippen molar-refractivity contribution in [3.63, 3.8) is 0 Å². The van der Waals surface area contributed by atoms with Gasteiger partial charge in [0, 0.05) is 11.3 Å². The van der Waals surface area contributed by atoms with Gasteiger partial charge in [0.1, 0.15) is 5.75 Å². The highest BCUT2D eigenvalue weighted by molar-refractivity contribution is 5.97. The van der Waals surface area contributed by atoms with Crippen molar-refractivity contribution < 1.29 is 14.3 Å². The van der Waals surface area contributed by atoms with Crippen molar-refractivity contribution in [1.82, 2.24) is 0 Å². The topological polar surface area (TPSA) is 81.4 Å². The van der Waals surface area contributed by atoms with Gasteiger partial charge in [-0.25, -0.2) is 0 Å². The maximum absolute atomic E-state index is 12.5. The highest BCUT2D eigenvalue weighted by Gasteiger charge is 2.19. The molecule has 5 heteroatoms. The number of nitrogens with one attached hydrogen (secondary N) is 1. The van der Waals surface area contributed by atoms with Gasteiger partial charge in [0.05, 0.1) is 0 Å². The minimum atomic E-state index is -0.645. The Kier molecular flexibility index (Phi) is 5.17. The Bertz CT molecular complexity index is 953. The molecule has 0 radical (unpaired) electrons. The molecule has 0 aliphatic rings. The lowest BCUT2D eigenvalue weighted by molar-refractivity contribution is -0.122. The van der Waals surface area contributed by atoms with E-state index < -0.39 is 12.0 Å². The third-order valence-electron chi connectivity index (χ3n) is 4.08. The van der Waals surface area contributed by atoms with Crippen molar-refractivity contribution in [3.05, 3.63) is 72.3 Å². The van der Waals surface area contributed by atoms with Crippen molar-refractivity contribution in [2.75, 3.05) is 5.32 Å². The van der Waals surface area contributed by atoms with Crippen molar-refractivity contribution >= 4 is 28.3 Å². The molecule has 132 valence electrons. The second kappa shape index (κ2) is 7.70. The average molecular weight is 348 g/mol. The van der Waals surface area contributed by atoms with Gasteiger partial charge in [-0.3, -0.25) is 9.59 Å². The van der Waals surface area contributed by atoms with Gasteiger partial charge in [-0.15, -0.1) is 0 Å². The molecule has 0 saturated carbocycles. The van der Waals surface area contributed by atoms with Crippen LogP contribution in [0, 0.1) is 0 Å². The van der Waals surface area contributed by atoms with Gasteiger partial charge in [-0.05, 0) is 47.5 Å². The predicted octanol–water partition coefficient (Wildman–Crippen LogP) is 3.73. The summed E-state index contributed by atoms with van der Waals surface area (Å²) < 4.78 is 5.88. The van der Waals surface area contributed by atoms with Gasteiger partial charge in [0.25, 0.3) is 5.91 Å². The first-order chi connectivity index (χ1) is 12.6. The lowest BCUT2D eigenvalue weighted by Crippen LogP contribution is -2.32. The molecule has 5 nitrogen and oxygen atoms in total. The molecule has 1 atom stereocenters. The zero-order chi connectivity index (χ0) is 18.5. The predicted molar refractivity (Wildman–Crippen MR) is 102 cm³/mol. The van der Waals surface area contributed by atoms with Crippen LogP contribution in [0.2, 0.25) is 0 Å². The molecular formula is C21H20N2O3. The zero-order valence-electron chi connectivity index (χ0n) is 14.4. The normalized spacial score (nSPS) is 11.7. The molecule has 0 saturated heterocycles. The second-order valence-electron chi connectivity index (χ2n) is 5.96. The molecule has 0 fully saturated rings. The number of rotatable bonds is 6. The first-order valence-corrected chi connectivity index (χ1v) is 8.43. The number of anilines is 1. The zero-order valence-corrected chi connectivity index (χ0v) is 14.4.